The summed E-state index contributed by atoms with van der Waals surface area (Å²) in [5.41, 5.74) is 5.66. The van der Waals surface area contributed by atoms with E-state index >= 15 is 0 Å². The van der Waals surface area contributed by atoms with Gasteiger partial charge in [-0.15, -0.1) is 0 Å². The summed E-state index contributed by atoms with van der Waals surface area (Å²) in [7, 11) is 0. The van der Waals surface area contributed by atoms with Crippen molar-refractivity contribution >= 4 is 22.1 Å². The van der Waals surface area contributed by atoms with E-state index in [1.165, 1.54) is 0 Å². The lowest BCUT2D eigenvalue weighted by molar-refractivity contribution is 0.468. The molecule has 0 aliphatic carbocycles. The van der Waals surface area contributed by atoms with E-state index in [9.17, 15) is 0 Å². The van der Waals surface area contributed by atoms with Crippen LogP contribution in [0.5, 0.6) is 0 Å². The highest BCUT2D eigenvalue weighted by molar-refractivity contribution is 5.82. The van der Waals surface area contributed by atoms with Gasteiger partial charge in [0.05, 0.1) is 28.0 Å². The third-order valence-corrected chi connectivity index (χ3v) is 6.64. The first kappa shape index (κ1) is 22.0. The molecule has 0 aliphatic heterocycles. The summed E-state index contributed by atoms with van der Waals surface area (Å²) in [6.07, 6.45) is 9.03. The predicted octanol–water partition coefficient (Wildman–Crippen LogP) is 5.92. The summed E-state index contributed by atoms with van der Waals surface area (Å²) in [6.45, 7) is 4.49. The molecule has 0 amide bonds. The number of aromatic nitrogens is 8. The van der Waals surface area contributed by atoms with Gasteiger partial charge in [0.1, 0.15) is 11.6 Å². The average Bonchev–Trinajstić information content (AvgIpc) is 3.55. The molecule has 4 aromatic heterocycles. The zero-order chi connectivity index (χ0) is 24.5. The van der Waals surface area contributed by atoms with E-state index in [0.717, 1.165) is 57.7 Å². The first-order chi connectivity index (χ1) is 17.7. The van der Waals surface area contributed by atoms with E-state index in [0.29, 0.717) is 17.6 Å². The first-order valence-electron chi connectivity index (χ1n) is 12.2. The Morgan fingerprint density at radius 2 is 1.17 bits per heavy atom. The predicted molar refractivity (Wildman–Crippen MR) is 140 cm³/mol. The van der Waals surface area contributed by atoms with Crippen molar-refractivity contribution in [1.29, 1.82) is 0 Å². The molecule has 0 aliphatic rings. The van der Waals surface area contributed by atoms with Crippen molar-refractivity contribution in [1.82, 2.24) is 39.9 Å². The van der Waals surface area contributed by atoms with Gasteiger partial charge in [-0.05, 0) is 60.9 Å². The highest BCUT2D eigenvalue weighted by Gasteiger charge is 2.24. The number of imidazole rings is 2. The Morgan fingerprint density at radius 1 is 0.694 bits per heavy atom. The average molecular weight is 475 g/mol. The Labute approximate surface area is 208 Å². The van der Waals surface area contributed by atoms with E-state index in [4.69, 9.17) is 9.97 Å². The first-order valence-corrected chi connectivity index (χ1v) is 12.2. The normalized spacial score (nSPS) is 12.5. The maximum absolute atomic E-state index is 4.97. The Balaban J connectivity index is 1.40. The van der Waals surface area contributed by atoms with Gasteiger partial charge in [-0.1, -0.05) is 20.3 Å². The minimum absolute atomic E-state index is 0.00704. The molecule has 0 fully saturated rings. The van der Waals surface area contributed by atoms with E-state index in [1.807, 2.05) is 36.4 Å². The van der Waals surface area contributed by atoms with Crippen molar-refractivity contribution in [2.24, 2.45) is 5.92 Å². The van der Waals surface area contributed by atoms with Crippen molar-refractivity contribution in [2.75, 3.05) is 0 Å². The number of nitrogens with zero attached hydrogens (tertiary/aromatic N) is 6. The van der Waals surface area contributed by atoms with Crippen LogP contribution in [0.4, 0.5) is 0 Å². The van der Waals surface area contributed by atoms with Crippen LogP contribution in [0.2, 0.25) is 0 Å². The number of fused-ring (bicyclic) bond motifs is 2. The van der Waals surface area contributed by atoms with Crippen LogP contribution < -0.4 is 0 Å². The fourth-order valence-corrected chi connectivity index (χ4v) is 4.49. The van der Waals surface area contributed by atoms with Gasteiger partial charge < -0.3 is 9.97 Å². The Bertz CT molecular complexity index is 1500. The molecule has 8 heteroatoms. The maximum Gasteiger partial charge on any atom is 0.159 e. The molecule has 0 spiro atoms. The molecule has 1 unspecified atom stereocenters. The minimum atomic E-state index is 0.00704. The summed E-state index contributed by atoms with van der Waals surface area (Å²) in [6, 6.07) is 15.8. The fourth-order valence-electron chi connectivity index (χ4n) is 4.49. The molecule has 0 radical (unpaired) electrons. The standard InChI is InChI=1S/C28H26N8/c1-3-17(2)14-20(27-33-21-8-6-18(15-23(21)35-27)25-29-10-4-11-30-25)28-34-22-9-7-19(16-24(22)36-28)26-31-12-5-13-32-26/h4-13,15-17,20H,3,14H2,1-2H3,(H,33,35)(H,34,36). The van der Waals surface area contributed by atoms with Gasteiger partial charge in [0.2, 0.25) is 0 Å². The van der Waals surface area contributed by atoms with Gasteiger partial charge in [-0.2, -0.15) is 0 Å². The van der Waals surface area contributed by atoms with E-state index in [2.05, 4.69) is 55.9 Å². The van der Waals surface area contributed by atoms with Gasteiger partial charge in [-0.25, -0.2) is 29.9 Å². The van der Waals surface area contributed by atoms with Crippen LogP contribution >= 0.6 is 0 Å². The number of rotatable bonds is 7. The topological polar surface area (TPSA) is 109 Å². The van der Waals surface area contributed by atoms with Crippen molar-refractivity contribution in [2.45, 2.75) is 32.6 Å². The van der Waals surface area contributed by atoms with Crippen LogP contribution in [0.25, 0.3) is 44.8 Å². The molecular formula is C28H26N8. The molecular weight excluding hydrogens is 448 g/mol. The smallest absolute Gasteiger partial charge is 0.159 e. The molecule has 4 heterocycles. The van der Waals surface area contributed by atoms with Gasteiger partial charge in [-0.3, -0.25) is 0 Å². The zero-order valence-electron chi connectivity index (χ0n) is 20.2. The number of hydrogen-bond acceptors (Lipinski definition) is 6. The number of hydrogen-bond donors (Lipinski definition) is 2. The van der Waals surface area contributed by atoms with Crippen LogP contribution in [0.1, 0.15) is 44.3 Å². The lowest BCUT2D eigenvalue weighted by atomic mass is 9.93. The van der Waals surface area contributed by atoms with E-state index < -0.39 is 0 Å². The number of nitrogens with one attached hydrogen (secondary N) is 2. The van der Waals surface area contributed by atoms with Crippen LogP contribution in [0.3, 0.4) is 0 Å². The zero-order valence-corrected chi connectivity index (χ0v) is 20.2. The second kappa shape index (κ2) is 9.30. The third-order valence-electron chi connectivity index (χ3n) is 6.64. The number of H-pyrrole nitrogens is 2. The molecule has 1 atom stereocenters. The Morgan fingerprint density at radius 3 is 1.61 bits per heavy atom. The van der Waals surface area contributed by atoms with E-state index in [-0.39, 0.29) is 5.92 Å². The summed E-state index contributed by atoms with van der Waals surface area (Å²) >= 11 is 0. The third kappa shape index (κ3) is 4.22. The summed E-state index contributed by atoms with van der Waals surface area (Å²) in [5.74, 6) is 3.72. The van der Waals surface area contributed by atoms with Crippen LogP contribution in [0, 0.1) is 5.92 Å². The molecule has 178 valence electrons. The lowest BCUT2D eigenvalue weighted by Gasteiger charge is -2.16. The van der Waals surface area contributed by atoms with Crippen molar-refractivity contribution in [3.05, 3.63) is 85.0 Å². The van der Waals surface area contributed by atoms with Gasteiger partial charge in [0, 0.05) is 35.9 Å². The number of benzene rings is 2. The lowest BCUT2D eigenvalue weighted by Crippen LogP contribution is -2.10. The van der Waals surface area contributed by atoms with E-state index in [1.54, 1.807) is 24.8 Å². The molecule has 0 saturated carbocycles. The summed E-state index contributed by atoms with van der Waals surface area (Å²) < 4.78 is 0. The van der Waals surface area contributed by atoms with Crippen molar-refractivity contribution in [3.63, 3.8) is 0 Å². The van der Waals surface area contributed by atoms with Crippen molar-refractivity contribution in [3.8, 4) is 22.8 Å². The molecule has 6 rings (SSSR count). The Kier molecular flexibility index (Phi) is 5.69. The SMILES string of the molecule is CCC(C)CC(c1nc2ccc(-c3ncccn3)cc2[nH]1)c1nc2ccc(-c3ncccn3)cc2[nH]1. The van der Waals surface area contributed by atoms with Gasteiger partial charge >= 0.3 is 0 Å². The molecule has 0 bridgehead atoms. The molecule has 8 nitrogen and oxygen atoms in total. The Hall–Kier alpha value is -4.46. The highest BCUT2D eigenvalue weighted by Crippen LogP contribution is 2.33. The fraction of sp³-hybridized carbons (Fsp3) is 0.214. The second-order valence-electron chi connectivity index (χ2n) is 9.15. The van der Waals surface area contributed by atoms with Crippen LogP contribution in [0.15, 0.2) is 73.3 Å². The molecule has 2 N–H and O–H groups in total. The summed E-state index contributed by atoms with van der Waals surface area (Å²) in [4.78, 5) is 34.6. The highest BCUT2D eigenvalue weighted by atomic mass is 15.0. The molecule has 36 heavy (non-hydrogen) atoms. The monoisotopic (exact) mass is 474 g/mol. The van der Waals surface area contributed by atoms with Crippen LogP contribution in [-0.2, 0) is 0 Å². The molecule has 2 aromatic carbocycles. The molecule has 0 saturated heterocycles. The van der Waals surface area contributed by atoms with Crippen molar-refractivity contribution < 1.29 is 0 Å². The van der Waals surface area contributed by atoms with Crippen LogP contribution in [-0.4, -0.2) is 39.9 Å². The minimum Gasteiger partial charge on any atom is -0.341 e. The molecule has 6 aromatic rings. The maximum atomic E-state index is 4.97. The summed E-state index contributed by atoms with van der Waals surface area (Å²) in [5, 5.41) is 0. The largest absolute Gasteiger partial charge is 0.341 e. The van der Waals surface area contributed by atoms with Gasteiger partial charge in [0.25, 0.3) is 0 Å². The second-order valence-corrected chi connectivity index (χ2v) is 9.15. The number of aromatic amines is 2. The quantitative estimate of drug-likeness (QED) is 0.297. The van der Waals surface area contributed by atoms with Gasteiger partial charge in [0.15, 0.2) is 11.6 Å².